The van der Waals surface area contributed by atoms with Crippen LogP contribution in [0.2, 0.25) is 0 Å². The van der Waals surface area contributed by atoms with Crippen LogP contribution in [0.5, 0.6) is 5.75 Å². The lowest BCUT2D eigenvalue weighted by molar-refractivity contribution is 0.00450. The lowest BCUT2D eigenvalue weighted by Crippen LogP contribution is -2.55. The minimum atomic E-state index is -0.243. The summed E-state index contributed by atoms with van der Waals surface area (Å²) < 4.78 is 10.9. The second-order valence-corrected chi connectivity index (χ2v) is 7.95. The maximum absolute atomic E-state index is 12.8. The summed E-state index contributed by atoms with van der Waals surface area (Å²) in [4.78, 5) is 41.4. The smallest absolute Gasteiger partial charge is 0.261 e. The van der Waals surface area contributed by atoms with Gasteiger partial charge in [-0.2, -0.15) is 0 Å². The molecular weight excluding hydrogens is 426 g/mol. The van der Waals surface area contributed by atoms with Gasteiger partial charge in [0.15, 0.2) is 0 Å². The zero-order valence-electron chi connectivity index (χ0n) is 18.7. The van der Waals surface area contributed by atoms with Crippen LogP contribution in [0.1, 0.15) is 37.5 Å². The van der Waals surface area contributed by atoms with E-state index in [9.17, 15) is 14.4 Å². The number of fused-ring (bicyclic) bond motifs is 1. The standard InChI is InChI=1S/C24H27N3O5.H2O/c1-31-20-10-6-5-9-18(20)22(28)25-19-11-12-26(15-21(19)32-2)13-14-27-23(29)16-7-3-4-8-17(16)24(27)30;/h3-10,19,21H,11-15H2,1-2H3,(H,25,28);1H2. The van der Waals surface area contributed by atoms with Crippen molar-refractivity contribution in [1.29, 1.82) is 0 Å². The summed E-state index contributed by atoms with van der Waals surface area (Å²) in [6.07, 6.45) is 0.492. The number of hydrogen-bond donors (Lipinski definition) is 1. The van der Waals surface area contributed by atoms with Gasteiger partial charge in [-0.15, -0.1) is 0 Å². The van der Waals surface area contributed by atoms with Crippen molar-refractivity contribution >= 4 is 17.7 Å². The first-order valence-corrected chi connectivity index (χ1v) is 10.7. The number of rotatable bonds is 7. The van der Waals surface area contributed by atoms with Gasteiger partial charge in [-0.1, -0.05) is 24.3 Å². The molecule has 0 spiro atoms. The number of methoxy groups -OCH3 is 2. The number of ether oxygens (including phenoxy) is 2. The van der Waals surface area contributed by atoms with Crippen molar-refractivity contribution in [3.63, 3.8) is 0 Å². The molecule has 2 unspecified atom stereocenters. The van der Waals surface area contributed by atoms with Crippen molar-refractivity contribution < 1.29 is 29.3 Å². The maximum atomic E-state index is 12.8. The summed E-state index contributed by atoms with van der Waals surface area (Å²) >= 11 is 0. The SMILES string of the molecule is COc1ccccc1C(=O)NC1CCN(CCN2C(=O)c3ccccc3C2=O)CC1OC.O. The van der Waals surface area contributed by atoms with Crippen LogP contribution in [0.15, 0.2) is 48.5 Å². The number of imide groups is 1. The number of piperidine rings is 1. The fourth-order valence-corrected chi connectivity index (χ4v) is 4.35. The molecule has 1 saturated heterocycles. The van der Waals surface area contributed by atoms with Gasteiger partial charge in [0.05, 0.1) is 35.9 Å². The third kappa shape index (κ3) is 4.90. The van der Waals surface area contributed by atoms with Gasteiger partial charge in [0.2, 0.25) is 0 Å². The Morgan fingerprint density at radius 3 is 2.27 bits per heavy atom. The number of likely N-dealkylation sites (tertiary alicyclic amines) is 1. The largest absolute Gasteiger partial charge is 0.496 e. The van der Waals surface area contributed by atoms with Gasteiger partial charge >= 0.3 is 0 Å². The van der Waals surface area contributed by atoms with Crippen LogP contribution in [0.3, 0.4) is 0 Å². The highest BCUT2D eigenvalue weighted by Crippen LogP contribution is 2.23. The Hall–Kier alpha value is -3.27. The van der Waals surface area contributed by atoms with Crippen molar-refractivity contribution in [2.75, 3.05) is 40.4 Å². The average molecular weight is 456 g/mol. The Morgan fingerprint density at radius 2 is 1.64 bits per heavy atom. The summed E-state index contributed by atoms with van der Waals surface area (Å²) in [5.41, 5.74) is 1.41. The van der Waals surface area contributed by atoms with E-state index in [0.29, 0.717) is 48.5 Å². The number of hydrogen-bond acceptors (Lipinski definition) is 6. The van der Waals surface area contributed by atoms with Gasteiger partial charge in [0.1, 0.15) is 5.75 Å². The average Bonchev–Trinajstić information content (AvgIpc) is 3.08. The van der Waals surface area contributed by atoms with E-state index in [1.807, 2.05) is 6.07 Å². The molecule has 0 aliphatic carbocycles. The molecule has 9 nitrogen and oxygen atoms in total. The number of nitrogens with one attached hydrogen (secondary N) is 1. The number of carbonyl (C=O) groups excluding carboxylic acids is 3. The Bertz CT molecular complexity index is 992. The highest BCUT2D eigenvalue weighted by molar-refractivity contribution is 6.21. The summed E-state index contributed by atoms with van der Waals surface area (Å²) in [5.74, 6) is -0.160. The topological polar surface area (TPSA) is 120 Å². The van der Waals surface area contributed by atoms with Crippen molar-refractivity contribution in [1.82, 2.24) is 15.1 Å². The van der Waals surface area contributed by atoms with E-state index in [4.69, 9.17) is 9.47 Å². The molecule has 0 bridgehead atoms. The molecule has 2 aliphatic rings. The van der Waals surface area contributed by atoms with E-state index in [0.717, 1.165) is 6.54 Å². The minimum absolute atomic E-state index is 0. The van der Waals surface area contributed by atoms with Crippen molar-refractivity contribution in [3.8, 4) is 5.75 Å². The number of carbonyl (C=O) groups is 3. The van der Waals surface area contributed by atoms with Crippen LogP contribution < -0.4 is 10.1 Å². The summed E-state index contributed by atoms with van der Waals surface area (Å²) in [6.45, 7) is 2.19. The molecule has 2 aliphatic heterocycles. The quantitative estimate of drug-likeness (QED) is 0.622. The third-order valence-corrected chi connectivity index (χ3v) is 6.13. The lowest BCUT2D eigenvalue weighted by Gasteiger charge is -2.38. The van der Waals surface area contributed by atoms with Crippen molar-refractivity contribution in [2.45, 2.75) is 18.6 Å². The number of para-hydroxylation sites is 1. The van der Waals surface area contributed by atoms with E-state index in [1.54, 1.807) is 49.6 Å². The minimum Gasteiger partial charge on any atom is -0.496 e. The van der Waals surface area contributed by atoms with Crippen molar-refractivity contribution in [2.24, 2.45) is 0 Å². The highest BCUT2D eigenvalue weighted by Gasteiger charge is 2.36. The maximum Gasteiger partial charge on any atom is 0.261 e. The number of amides is 3. The molecule has 3 amide bonds. The molecule has 2 aromatic rings. The number of nitrogens with zero attached hydrogens (tertiary/aromatic N) is 2. The summed E-state index contributed by atoms with van der Waals surface area (Å²) in [5, 5.41) is 3.07. The van der Waals surface area contributed by atoms with Crippen LogP contribution in [-0.4, -0.2) is 85.5 Å². The normalized spacial score (nSPS) is 20.2. The molecule has 2 heterocycles. The monoisotopic (exact) mass is 455 g/mol. The molecular formula is C24H29N3O6. The molecule has 9 heteroatoms. The van der Waals surface area contributed by atoms with E-state index in [-0.39, 0.29) is 35.3 Å². The molecule has 4 rings (SSSR count). The Morgan fingerprint density at radius 1 is 1.00 bits per heavy atom. The van der Waals surface area contributed by atoms with Gasteiger partial charge in [-0.05, 0) is 30.7 Å². The molecule has 1 fully saturated rings. The van der Waals surface area contributed by atoms with Crippen LogP contribution in [0.25, 0.3) is 0 Å². The second kappa shape index (κ2) is 10.6. The zero-order chi connectivity index (χ0) is 22.7. The second-order valence-electron chi connectivity index (χ2n) is 7.95. The highest BCUT2D eigenvalue weighted by atomic mass is 16.5. The molecule has 176 valence electrons. The Labute approximate surface area is 192 Å². The predicted molar refractivity (Wildman–Crippen MR) is 122 cm³/mol. The van der Waals surface area contributed by atoms with E-state index < -0.39 is 0 Å². The van der Waals surface area contributed by atoms with Gasteiger partial charge in [-0.25, -0.2) is 0 Å². The first kappa shape index (κ1) is 24.4. The van der Waals surface area contributed by atoms with Crippen LogP contribution >= 0.6 is 0 Å². The van der Waals surface area contributed by atoms with E-state index in [2.05, 4.69) is 10.2 Å². The molecule has 0 saturated carbocycles. The molecule has 0 radical (unpaired) electrons. The fourth-order valence-electron chi connectivity index (χ4n) is 4.35. The zero-order valence-corrected chi connectivity index (χ0v) is 18.7. The van der Waals surface area contributed by atoms with Gasteiger partial charge in [-0.3, -0.25) is 24.2 Å². The molecule has 2 aromatic carbocycles. The fraction of sp³-hybridized carbons (Fsp3) is 0.375. The molecule has 33 heavy (non-hydrogen) atoms. The lowest BCUT2D eigenvalue weighted by atomic mass is 10.0. The van der Waals surface area contributed by atoms with E-state index >= 15 is 0 Å². The van der Waals surface area contributed by atoms with Crippen LogP contribution in [0.4, 0.5) is 0 Å². The van der Waals surface area contributed by atoms with E-state index in [1.165, 1.54) is 12.0 Å². The van der Waals surface area contributed by atoms with Gasteiger partial charge < -0.3 is 20.3 Å². The van der Waals surface area contributed by atoms with Crippen molar-refractivity contribution in [3.05, 3.63) is 65.2 Å². The van der Waals surface area contributed by atoms with Crippen LogP contribution in [0, 0.1) is 0 Å². The van der Waals surface area contributed by atoms with Gasteiger partial charge in [0.25, 0.3) is 17.7 Å². The van der Waals surface area contributed by atoms with Gasteiger partial charge in [0, 0.05) is 33.3 Å². The third-order valence-electron chi connectivity index (χ3n) is 6.13. The summed E-state index contributed by atoms with van der Waals surface area (Å²) in [6, 6.07) is 13.9. The summed E-state index contributed by atoms with van der Waals surface area (Å²) in [7, 11) is 3.16. The first-order chi connectivity index (χ1) is 15.5. The molecule has 3 N–H and O–H groups in total. The first-order valence-electron chi connectivity index (χ1n) is 10.7. The Balaban J connectivity index is 0.00000306. The predicted octanol–water partition coefficient (Wildman–Crippen LogP) is 0.986. The molecule has 0 aromatic heterocycles. The number of benzene rings is 2. The van der Waals surface area contributed by atoms with Crippen LogP contribution in [-0.2, 0) is 4.74 Å². The molecule has 2 atom stereocenters. The Kier molecular flexibility index (Phi) is 7.80.